The quantitative estimate of drug-likeness (QED) is 0.803. The number of nitrogens with zero attached hydrogens (tertiary/aromatic N) is 1. The van der Waals surface area contributed by atoms with Gasteiger partial charge in [-0.05, 0) is 19.3 Å². The lowest BCUT2D eigenvalue weighted by atomic mass is 9.64. The topological polar surface area (TPSA) is 63.3 Å². The highest BCUT2D eigenvalue weighted by Gasteiger charge is 2.43. The van der Waals surface area contributed by atoms with E-state index in [4.69, 9.17) is 9.63 Å². The van der Waals surface area contributed by atoms with Gasteiger partial charge in [-0.1, -0.05) is 18.5 Å². The second kappa shape index (κ2) is 3.12. The molecule has 0 bridgehead atoms. The minimum atomic E-state index is -0.944. The third kappa shape index (κ3) is 1.14. The SMILES string of the molecule is CCC1(c2oncc2C(=O)O)CCC1. The Morgan fingerprint density at radius 2 is 2.43 bits per heavy atom. The summed E-state index contributed by atoms with van der Waals surface area (Å²) in [5.74, 6) is -0.375. The predicted molar refractivity (Wildman–Crippen MR) is 49.3 cm³/mol. The van der Waals surface area contributed by atoms with E-state index in [2.05, 4.69) is 12.1 Å². The van der Waals surface area contributed by atoms with Crippen molar-refractivity contribution in [3.8, 4) is 0 Å². The van der Waals surface area contributed by atoms with E-state index in [-0.39, 0.29) is 11.0 Å². The lowest BCUT2D eigenvalue weighted by Crippen LogP contribution is -2.34. The van der Waals surface area contributed by atoms with Crippen LogP contribution in [0.4, 0.5) is 0 Å². The molecule has 1 fully saturated rings. The third-order valence-corrected chi connectivity index (χ3v) is 3.27. The molecule has 1 N–H and O–H groups in total. The molecule has 4 nitrogen and oxygen atoms in total. The Balaban J connectivity index is 2.39. The van der Waals surface area contributed by atoms with Crippen molar-refractivity contribution in [2.75, 3.05) is 0 Å². The lowest BCUT2D eigenvalue weighted by molar-refractivity contribution is 0.0685. The Morgan fingerprint density at radius 3 is 2.86 bits per heavy atom. The zero-order valence-electron chi connectivity index (χ0n) is 8.12. The van der Waals surface area contributed by atoms with E-state index in [0.717, 1.165) is 25.7 Å². The summed E-state index contributed by atoms with van der Waals surface area (Å²) in [6.07, 6.45) is 5.39. The van der Waals surface area contributed by atoms with E-state index in [1.54, 1.807) is 0 Å². The summed E-state index contributed by atoms with van der Waals surface area (Å²) in [5, 5.41) is 12.5. The fourth-order valence-corrected chi connectivity index (χ4v) is 2.12. The van der Waals surface area contributed by atoms with Crippen LogP contribution in [-0.4, -0.2) is 16.2 Å². The zero-order valence-corrected chi connectivity index (χ0v) is 8.12. The van der Waals surface area contributed by atoms with Crippen LogP contribution in [0.1, 0.15) is 48.7 Å². The summed E-state index contributed by atoms with van der Waals surface area (Å²) in [5.41, 5.74) is 0.177. The van der Waals surface area contributed by atoms with E-state index < -0.39 is 5.97 Å². The largest absolute Gasteiger partial charge is 0.478 e. The molecule has 0 saturated heterocycles. The van der Waals surface area contributed by atoms with Gasteiger partial charge < -0.3 is 9.63 Å². The lowest BCUT2D eigenvalue weighted by Gasteiger charge is -2.39. The fraction of sp³-hybridized carbons (Fsp3) is 0.600. The Hall–Kier alpha value is -1.32. The molecule has 0 atom stereocenters. The van der Waals surface area contributed by atoms with Crippen molar-refractivity contribution in [3.05, 3.63) is 17.5 Å². The van der Waals surface area contributed by atoms with Crippen LogP contribution in [0.15, 0.2) is 10.7 Å². The zero-order chi connectivity index (χ0) is 10.2. The fourth-order valence-electron chi connectivity index (χ4n) is 2.12. The molecule has 0 spiro atoms. The number of aromatic carboxylic acids is 1. The molecule has 1 aromatic heterocycles. The number of rotatable bonds is 3. The van der Waals surface area contributed by atoms with Gasteiger partial charge in [0.05, 0.1) is 6.20 Å². The van der Waals surface area contributed by atoms with Crippen LogP contribution in [0, 0.1) is 0 Å². The summed E-state index contributed by atoms with van der Waals surface area (Å²) in [6.45, 7) is 2.06. The maximum atomic E-state index is 10.9. The Bertz CT molecular complexity index is 346. The first-order chi connectivity index (χ1) is 6.69. The summed E-state index contributed by atoms with van der Waals surface area (Å²) in [4.78, 5) is 10.9. The van der Waals surface area contributed by atoms with Gasteiger partial charge in [-0.15, -0.1) is 0 Å². The minimum Gasteiger partial charge on any atom is -0.478 e. The minimum absolute atomic E-state index is 0.0514. The van der Waals surface area contributed by atoms with Gasteiger partial charge >= 0.3 is 5.97 Å². The molecule has 1 saturated carbocycles. The van der Waals surface area contributed by atoms with Gasteiger partial charge in [0.15, 0.2) is 5.76 Å². The maximum Gasteiger partial charge on any atom is 0.340 e. The van der Waals surface area contributed by atoms with Gasteiger partial charge in [0.2, 0.25) is 0 Å². The maximum absolute atomic E-state index is 10.9. The molecule has 0 amide bonds. The molecule has 4 heteroatoms. The molecule has 76 valence electrons. The van der Waals surface area contributed by atoms with Crippen molar-refractivity contribution >= 4 is 5.97 Å². The van der Waals surface area contributed by atoms with Crippen molar-refractivity contribution in [1.82, 2.24) is 5.16 Å². The van der Waals surface area contributed by atoms with Crippen LogP contribution in [0.2, 0.25) is 0 Å². The highest BCUT2D eigenvalue weighted by molar-refractivity contribution is 5.88. The van der Waals surface area contributed by atoms with Crippen LogP contribution < -0.4 is 0 Å². The van der Waals surface area contributed by atoms with Gasteiger partial charge in [-0.3, -0.25) is 0 Å². The smallest absolute Gasteiger partial charge is 0.340 e. The monoisotopic (exact) mass is 195 g/mol. The van der Waals surface area contributed by atoms with E-state index in [1.807, 2.05) is 0 Å². The Kier molecular flexibility index (Phi) is 2.06. The molecule has 0 aliphatic heterocycles. The van der Waals surface area contributed by atoms with Crippen molar-refractivity contribution in [1.29, 1.82) is 0 Å². The summed E-state index contributed by atoms with van der Waals surface area (Å²) >= 11 is 0. The first-order valence-electron chi connectivity index (χ1n) is 4.88. The molecular weight excluding hydrogens is 182 g/mol. The van der Waals surface area contributed by atoms with Gasteiger partial charge in [0, 0.05) is 5.41 Å². The summed E-state index contributed by atoms with van der Waals surface area (Å²) in [7, 11) is 0. The standard InChI is InChI=1S/C10H13NO3/c1-2-10(4-3-5-10)8-7(9(12)13)6-11-14-8/h6H,2-5H2,1H3,(H,12,13). The van der Waals surface area contributed by atoms with E-state index in [1.165, 1.54) is 6.20 Å². The van der Waals surface area contributed by atoms with Gasteiger partial charge in [-0.25, -0.2) is 4.79 Å². The number of carboxylic acids is 1. The van der Waals surface area contributed by atoms with Crippen LogP contribution in [0.3, 0.4) is 0 Å². The molecule has 0 aromatic carbocycles. The van der Waals surface area contributed by atoms with E-state index in [9.17, 15) is 4.79 Å². The number of carbonyl (C=O) groups is 1. The highest BCUT2D eigenvalue weighted by atomic mass is 16.5. The second-order valence-corrected chi connectivity index (χ2v) is 3.86. The van der Waals surface area contributed by atoms with Gasteiger partial charge in [0.1, 0.15) is 5.56 Å². The third-order valence-electron chi connectivity index (χ3n) is 3.27. The Morgan fingerprint density at radius 1 is 1.71 bits per heavy atom. The van der Waals surface area contributed by atoms with Crippen LogP contribution in [0.5, 0.6) is 0 Å². The van der Waals surface area contributed by atoms with Crippen molar-refractivity contribution in [3.63, 3.8) is 0 Å². The number of hydrogen-bond donors (Lipinski definition) is 1. The van der Waals surface area contributed by atoms with E-state index >= 15 is 0 Å². The number of aromatic nitrogens is 1. The van der Waals surface area contributed by atoms with Gasteiger partial charge in [0.25, 0.3) is 0 Å². The average molecular weight is 195 g/mol. The highest BCUT2D eigenvalue weighted by Crippen LogP contribution is 2.47. The van der Waals surface area contributed by atoms with Crippen molar-refractivity contribution in [2.45, 2.75) is 38.0 Å². The first-order valence-corrected chi connectivity index (χ1v) is 4.88. The molecule has 0 radical (unpaired) electrons. The molecular formula is C10H13NO3. The molecule has 1 heterocycles. The summed E-state index contributed by atoms with van der Waals surface area (Å²) in [6, 6.07) is 0. The van der Waals surface area contributed by atoms with Crippen molar-refractivity contribution < 1.29 is 14.4 Å². The molecule has 0 unspecified atom stereocenters. The molecule has 1 aliphatic rings. The van der Waals surface area contributed by atoms with Crippen LogP contribution in [0.25, 0.3) is 0 Å². The summed E-state index contributed by atoms with van der Waals surface area (Å²) < 4.78 is 5.09. The average Bonchev–Trinajstić information content (AvgIpc) is 2.52. The van der Waals surface area contributed by atoms with Crippen LogP contribution >= 0.6 is 0 Å². The number of carboxylic acid groups (broad SMARTS) is 1. The van der Waals surface area contributed by atoms with Crippen molar-refractivity contribution in [2.24, 2.45) is 0 Å². The molecule has 2 rings (SSSR count). The molecule has 1 aliphatic carbocycles. The number of hydrogen-bond acceptors (Lipinski definition) is 3. The molecule has 1 aromatic rings. The van der Waals surface area contributed by atoms with Crippen LogP contribution in [-0.2, 0) is 5.41 Å². The Labute approximate surface area is 81.9 Å². The normalized spacial score (nSPS) is 18.9. The predicted octanol–water partition coefficient (Wildman–Crippen LogP) is 2.20. The molecule has 14 heavy (non-hydrogen) atoms. The first kappa shape index (κ1) is 9.24. The second-order valence-electron chi connectivity index (χ2n) is 3.86. The van der Waals surface area contributed by atoms with E-state index in [0.29, 0.717) is 5.76 Å². The van der Waals surface area contributed by atoms with Gasteiger partial charge in [-0.2, -0.15) is 0 Å².